The second-order valence-corrected chi connectivity index (χ2v) is 6.40. The fraction of sp³-hybridized carbons (Fsp3) is 0.357. The number of nitrogens with zero attached hydrogens (tertiary/aromatic N) is 1. The van der Waals surface area contributed by atoms with Gasteiger partial charge in [-0.2, -0.15) is 0 Å². The maximum absolute atomic E-state index is 12.5. The summed E-state index contributed by atoms with van der Waals surface area (Å²) < 4.78 is 0.840. The smallest absolute Gasteiger partial charge is 0.322 e. The number of rotatable bonds is 1. The van der Waals surface area contributed by atoms with Crippen LogP contribution >= 0.6 is 15.9 Å². The van der Waals surface area contributed by atoms with Crippen molar-refractivity contribution in [2.75, 3.05) is 13.1 Å². The molecule has 0 radical (unpaired) electrons. The van der Waals surface area contributed by atoms with Crippen LogP contribution in [0.2, 0.25) is 0 Å². The zero-order valence-corrected chi connectivity index (χ0v) is 13.0. The number of hydrogen-bond acceptors (Lipinski definition) is 3. The van der Waals surface area contributed by atoms with E-state index in [-0.39, 0.29) is 18.4 Å². The van der Waals surface area contributed by atoms with Crippen LogP contribution in [0.25, 0.3) is 0 Å². The zero-order chi connectivity index (χ0) is 15.2. The van der Waals surface area contributed by atoms with Gasteiger partial charge in [-0.25, -0.2) is 4.79 Å². The van der Waals surface area contributed by atoms with Crippen LogP contribution in [0.1, 0.15) is 22.3 Å². The number of aryl methyl sites for hydroxylation is 1. The molecule has 110 valence electrons. The van der Waals surface area contributed by atoms with Crippen LogP contribution in [0.4, 0.5) is 4.79 Å². The normalized spacial score (nSPS) is 24.4. The van der Waals surface area contributed by atoms with Crippen molar-refractivity contribution in [1.82, 2.24) is 15.5 Å². The van der Waals surface area contributed by atoms with E-state index in [9.17, 15) is 14.4 Å². The highest BCUT2D eigenvalue weighted by molar-refractivity contribution is 9.10. The topological polar surface area (TPSA) is 78.5 Å². The van der Waals surface area contributed by atoms with E-state index in [2.05, 4.69) is 26.6 Å². The predicted octanol–water partition coefficient (Wildman–Crippen LogP) is 1.18. The number of imide groups is 1. The van der Waals surface area contributed by atoms with Gasteiger partial charge in [-0.15, -0.1) is 0 Å². The third-order valence-electron chi connectivity index (χ3n) is 3.86. The highest BCUT2D eigenvalue weighted by atomic mass is 79.9. The van der Waals surface area contributed by atoms with Crippen molar-refractivity contribution in [1.29, 1.82) is 0 Å². The van der Waals surface area contributed by atoms with Crippen LogP contribution in [0.3, 0.4) is 0 Å². The SMILES string of the molecule is Cc1cc(Br)cc(C(=O)N2CCC3(C2)NC(=O)NC3=O)c1. The molecular formula is C14H14BrN3O3. The Labute approximate surface area is 130 Å². The van der Waals surface area contributed by atoms with Crippen molar-refractivity contribution in [2.45, 2.75) is 18.9 Å². The minimum absolute atomic E-state index is 0.134. The van der Waals surface area contributed by atoms with Gasteiger partial charge in [0.05, 0.1) is 6.54 Å². The molecule has 7 heteroatoms. The minimum Gasteiger partial charge on any atom is -0.336 e. The molecule has 2 aliphatic heterocycles. The van der Waals surface area contributed by atoms with Crippen LogP contribution < -0.4 is 10.6 Å². The van der Waals surface area contributed by atoms with Crippen LogP contribution in [0.5, 0.6) is 0 Å². The Morgan fingerprint density at radius 1 is 1.33 bits per heavy atom. The molecule has 0 aromatic heterocycles. The third kappa shape index (κ3) is 2.42. The highest BCUT2D eigenvalue weighted by Crippen LogP contribution is 2.26. The summed E-state index contributed by atoms with van der Waals surface area (Å²) in [7, 11) is 0. The van der Waals surface area contributed by atoms with Gasteiger partial charge >= 0.3 is 6.03 Å². The molecule has 1 atom stereocenters. The quantitative estimate of drug-likeness (QED) is 0.745. The maximum atomic E-state index is 12.5. The molecule has 1 aromatic rings. The van der Waals surface area contributed by atoms with E-state index in [1.165, 1.54) is 0 Å². The summed E-state index contributed by atoms with van der Waals surface area (Å²) >= 11 is 3.38. The van der Waals surface area contributed by atoms with Gasteiger partial charge in [-0.3, -0.25) is 14.9 Å². The molecule has 21 heavy (non-hydrogen) atoms. The van der Waals surface area contributed by atoms with Crippen molar-refractivity contribution in [2.24, 2.45) is 0 Å². The Morgan fingerprint density at radius 2 is 2.10 bits per heavy atom. The lowest BCUT2D eigenvalue weighted by Gasteiger charge is -2.21. The summed E-state index contributed by atoms with van der Waals surface area (Å²) in [5, 5.41) is 4.87. The van der Waals surface area contributed by atoms with Crippen molar-refractivity contribution in [3.05, 3.63) is 33.8 Å². The van der Waals surface area contributed by atoms with E-state index in [1.807, 2.05) is 19.1 Å². The number of halogens is 1. The number of likely N-dealkylation sites (tertiary alicyclic amines) is 1. The molecule has 0 aliphatic carbocycles. The molecule has 2 saturated heterocycles. The third-order valence-corrected chi connectivity index (χ3v) is 4.32. The second kappa shape index (κ2) is 4.84. The second-order valence-electron chi connectivity index (χ2n) is 5.48. The molecule has 4 amide bonds. The molecule has 0 saturated carbocycles. The van der Waals surface area contributed by atoms with Gasteiger partial charge in [0.1, 0.15) is 5.54 Å². The Hall–Kier alpha value is -1.89. The average molecular weight is 352 g/mol. The summed E-state index contributed by atoms with van der Waals surface area (Å²) in [6.07, 6.45) is 0.434. The number of carbonyl (C=O) groups excluding carboxylic acids is 3. The first kappa shape index (κ1) is 14.1. The number of hydrogen-bond donors (Lipinski definition) is 2. The molecule has 2 fully saturated rings. The molecule has 6 nitrogen and oxygen atoms in total. The van der Waals surface area contributed by atoms with Crippen molar-refractivity contribution >= 4 is 33.8 Å². The van der Waals surface area contributed by atoms with Crippen molar-refractivity contribution in [3.63, 3.8) is 0 Å². The Morgan fingerprint density at radius 3 is 2.71 bits per heavy atom. The van der Waals surface area contributed by atoms with Crippen LogP contribution in [0.15, 0.2) is 22.7 Å². The van der Waals surface area contributed by atoms with E-state index in [4.69, 9.17) is 0 Å². The zero-order valence-electron chi connectivity index (χ0n) is 11.4. The lowest BCUT2D eigenvalue weighted by molar-refractivity contribution is -0.123. The molecule has 0 bridgehead atoms. The number of nitrogens with one attached hydrogen (secondary N) is 2. The fourth-order valence-electron chi connectivity index (χ4n) is 2.84. The Kier molecular flexibility index (Phi) is 3.24. The van der Waals surface area contributed by atoms with Gasteiger partial charge in [0.15, 0.2) is 0 Å². The fourth-order valence-corrected chi connectivity index (χ4v) is 3.45. The summed E-state index contributed by atoms with van der Waals surface area (Å²) in [4.78, 5) is 37.3. The summed E-state index contributed by atoms with van der Waals surface area (Å²) in [5.74, 6) is -0.488. The molecule has 2 heterocycles. The Bertz CT molecular complexity index is 641. The lowest BCUT2D eigenvalue weighted by atomic mass is 9.99. The predicted molar refractivity (Wildman–Crippen MR) is 78.8 cm³/mol. The van der Waals surface area contributed by atoms with E-state index in [0.717, 1.165) is 10.0 Å². The van der Waals surface area contributed by atoms with Crippen molar-refractivity contribution < 1.29 is 14.4 Å². The number of urea groups is 1. The molecule has 1 unspecified atom stereocenters. The van der Waals surface area contributed by atoms with Gasteiger partial charge in [0.2, 0.25) is 0 Å². The Balaban J connectivity index is 1.81. The van der Waals surface area contributed by atoms with Crippen LogP contribution in [-0.4, -0.2) is 41.4 Å². The first-order valence-electron chi connectivity index (χ1n) is 6.60. The first-order valence-corrected chi connectivity index (χ1v) is 7.39. The first-order chi connectivity index (χ1) is 9.89. The van der Waals surface area contributed by atoms with E-state index in [0.29, 0.717) is 18.5 Å². The molecule has 1 spiro atoms. The van der Waals surface area contributed by atoms with Crippen molar-refractivity contribution in [3.8, 4) is 0 Å². The molecule has 2 aliphatic rings. The van der Waals surface area contributed by atoms with Gasteiger partial charge in [-0.05, 0) is 37.1 Å². The van der Waals surface area contributed by atoms with E-state index in [1.54, 1.807) is 11.0 Å². The molecular weight excluding hydrogens is 338 g/mol. The van der Waals surface area contributed by atoms with Gasteiger partial charge in [0, 0.05) is 16.6 Å². The maximum Gasteiger partial charge on any atom is 0.322 e. The summed E-state index contributed by atoms with van der Waals surface area (Å²) in [5.41, 5.74) is 0.588. The minimum atomic E-state index is -0.964. The monoisotopic (exact) mass is 351 g/mol. The largest absolute Gasteiger partial charge is 0.336 e. The lowest BCUT2D eigenvalue weighted by Crippen LogP contribution is -2.49. The average Bonchev–Trinajstić information content (AvgIpc) is 2.93. The standard InChI is InChI=1S/C14H14BrN3O3/c1-8-4-9(6-10(15)5-8)11(19)18-3-2-14(7-18)12(20)16-13(21)17-14/h4-6H,2-3,7H2,1H3,(H2,16,17,20,21). The summed E-state index contributed by atoms with van der Waals surface area (Å²) in [6, 6.07) is 5.00. The summed E-state index contributed by atoms with van der Waals surface area (Å²) in [6.45, 7) is 2.56. The number of amides is 4. The van der Waals surface area contributed by atoms with Gasteiger partial charge in [0.25, 0.3) is 11.8 Å². The van der Waals surface area contributed by atoms with E-state index >= 15 is 0 Å². The van der Waals surface area contributed by atoms with Crippen LogP contribution in [-0.2, 0) is 4.79 Å². The molecule has 1 aromatic carbocycles. The highest BCUT2D eigenvalue weighted by Gasteiger charge is 2.51. The molecule has 2 N–H and O–H groups in total. The van der Waals surface area contributed by atoms with Gasteiger partial charge < -0.3 is 10.2 Å². The number of benzene rings is 1. The van der Waals surface area contributed by atoms with Crippen LogP contribution in [0, 0.1) is 6.92 Å². The number of carbonyl (C=O) groups is 3. The van der Waals surface area contributed by atoms with E-state index < -0.39 is 11.6 Å². The molecule has 3 rings (SSSR count). The van der Waals surface area contributed by atoms with Gasteiger partial charge in [-0.1, -0.05) is 15.9 Å².